The van der Waals surface area contributed by atoms with E-state index in [0.717, 1.165) is 12.2 Å². The molecule has 0 aliphatic carbocycles. The highest BCUT2D eigenvalue weighted by atomic mass is 16.5. The number of rotatable bonds is 5. The van der Waals surface area contributed by atoms with Crippen molar-refractivity contribution in [3.63, 3.8) is 0 Å². The van der Waals surface area contributed by atoms with E-state index in [1.807, 2.05) is 0 Å². The van der Waals surface area contributed by atoms with Crippen LogP contribution < -0.4 is 10.1 Å². The predicted octanol–water partition coefficient (Wildman–Crippen LogP) is 0.827. The summed E-state index contributed by atoms with van der Waals surface area (Å²) in [7, 11) is 0. The lowest BCUT2D eigenvalue weighted by atomic mass is 10.1. The second-order valence-electron chi connectivity index (χ2n) is 4.47. The van der Waals surface area contributed by atoms with Crippen LogP contribution in [-0.2, 0) is 19.1 Å². The summed E-state index contributed by atoms with van der Waals surface area (Å²) < 4.78 is 9.86. The number of esters is 2. The van der Waals surface area contributed by atoms with Crippen molar-refractivity contribution in [2.75, 3.05) is 13.2 Å². The molecule has 110 valence electrons. The minimum atomic E-state index is -0.681. The molecule has 1 N–H and O–H groups in total. The number of amides is 1. The zero-order valence-corrected chi connectivity index (χ0v) is 11.3. The molecule has 1 aliphatic heterocycles. The van der Waals surface area contributed by atoms with Gasteiger partial charge in [-0.2, -0.15) is 0 Å². The van der Waals surface area contributed by atoms with E-state index < -0.39 is 11.9 Å². The Morgan fingerprint density at radius 1 is 1.19 bits per heavy atom. The molecule has 0 aromatic heterocycles. The van der Waals surface area contributed by atoms with Gasteiger partial charge in [-0.3, -0.25) is 4.79 Å². The molecule has 1 atom stereocenters. The summed E-state index contributed by atoms with van der Waals surface area (Å²) in [6, 6.07) is 8.51. The van der Waals surface area contributed by atoms with Gasteiger partial charge in [-0.1, -0.05) is 18.2 Å². The quantitative estimate of drug-likeness (QED) is 0.493. The lowest BCUT2D eigenvalue weighted by Gasteiger charge is -2.06. The smallest absolute Gasteiger partial charge is 0.336 e. The molecule has 1 unspecified atom stereocenters. The summed E-state index contributed by atoms with van der Waals surface area (Å²) in [4.78, 5) is 34.1. The summed E-state index contributed by atoms with van der Waals surface area (Å²) in [5, 5.41) is 2.65. The highest BCUT2D eigenvalue weighted by Crippen LogP contribution is 2.10. The molecule has 1 amide bonds. The first-order valence-electron chi connectivity index (χ1n) is 6.54. The fourth-order valence-electron chi connectivity index (χ4n) is 1.81. The number of hydrogen-bond donors (Lipinski definition) is 1. The summed E-state index contributed by atoms with van der Waals surface area (Å²) >= 11 is 0. The van der Waals surface area contributed by atoms with Gasteiger partial charge in [0.2, 0.25) is 5.91 Å². The van der Waals surface area contributed by atoms with E-state index in [-0.39, 0.29) is 18.4 Å². The Balaban J connectivity index is 1.74. The molecule has 1 fully saturated rings. The van der Waals surface area contributed by atoms with Crippen molar-refractivity contribution in [1.29, 1.82) is 0 Å². The molecule has 0 radical (unpaired) electrons. The van der Waals surface area contributed by atoms with Crippen molar-refractivity contribution >= 4 is 17.8 Å². The van der Waals surface area contributed by atoms with Gasteiger partial charge >= 0.3 is 11.9 Å². The van der Waals surface area contributed by atoms with E-state index in [9.17, 15) is 14.4 Å². The third kappa shape index (κ3) is 4.76. The Morgan fingerprint density at radius 3 is 2.57 bits per heavy atom. The summed E-state index contributed by atoms with van der Waals surface area (Å²) in [5.74, 6) is -1.38. The topological polar surface area (TPSA) is 81.7 Å². The summed E-state index contributed by atoms with van der Waals surface area (Å²) in [5.41, 5.74) is 0. The number of nitrogens with one attached hydrogen (secondary N) is 1. The first-order chi connectivity index (χ1) is 10.1. The van der Waals surface area contributed by atoms with E-state index in [1.165, 1.54) is 0 Å². The monoisotopic (exact) mass is 289 g/mol. The first-order valence-corrected chi connectivity index (χ1v) is 6.54. The highest BCUT2D eigenvalue weighted by molar-refractivity contribution is 5.92. The molecule has 1 aromatic carbocycles. The van der Waals surface area contributed by atoms with Crippen molar-refractivity contribution in [2.45, 2.75) is 6.42 Å². The Labute approximate surface area is 121 Å². The van der Waals surface area contributed by atoms with Crippen molar-refractivity contribution in [3.05, 3.63) is 42.5 Å². The Hall–Kier alpha value is -2.63. The third-order valence-corrected chi connectivity index (χ3v) is 2.91. The molecule has 1 heterocycles. The molecule has 6 nitrogen and oxygen atoms in total. The maximum atomic E-state index is 11.4. The minimum absolute atomic E-state index is 0.0166. The summed E-state index contributed by atoms with van der Waals surface area (Å²) in [6.07, 6.45) is 2.62. The second kappa shape index (κ2) is 7.23. The van der Waals surface area contributed by atoms with Gasteiger partial charge in [0.15, 0.2) is 0 Å². The Bertz CT molecular complexity index is 552. The molecule has 21 heavy (non-hydrogen) atoms. The van der Waals surface area contributed by atoms with E-state index in [4.69, 9.17) is 9.47 Å². The number of benzene rings is 1. The van der Waals surface area contributed by atoms with Crippen LogP contribution in [0.3, 0.4) is 0 Å². The third-order valence-electron chi connectivity index (χ3n) is 2.91. The van der Waals surface area contributed by atoms with Gasteiger partial charge in [0.05, 0.1) is 5.92 Å². The van der Waals surface area contributed by atoms with Crippen LogP contribution in [0.1, 0.15) is 6.42 Å². The van der Waals surface area contributed by atoms with Gasteiger partial charge in [-0.25, -0.2) is 9.59 Å². The van der Waals surface area contributed by atoms with Crippen molar-refractivity contribution in [3.8, 4) is 5.75 Å². The number of para-hydroxylation sites is 1. The van der Waals surface area contributed by atoms with Gasteiger partial charge in [0.25, 0.3) is 0 Å². The Morgan fingerprint density at radius 2 is 1.90 bits per heavy atom. The molecular formula is C15H15NO5. The molecular weight excluding hydrogens is 274 g/mol. The molecule has 6 heteroatoms. The SMILES string of the molecule is O=C(/C=C/C(=O)Oc1ccccc1)OCC1CCNC1=O. The van der Waals surface area contributed by atoms with E-state index in [1.54, 1.807) is 30.3 Å². The molecule has 1 saturated heterocycles. The zero-order chi connectivity index (χ0) is 15.1. The lowest BCUT2D eigenvalue weighted by molar-refractivity contribution is -0.141. The van der Waals surface area contributed by atoms with Gasteiger partial charge in [0, 0.05) is 18.7 Å². The molecule has 2 rings (SSSR count). The van der Waals surface area contributed by atoms with Crippen LogP contribution in [0.25, 0.3) is 0 Å². The minimum Gasteiger partial charge on any atom is -0.462 e. The molecule has 0 saturated carbocycles. The second-order valence-corrected chi connectivity index (χ2v) is 4.47. The van der Waals surface area contributed by atoms with Crippen LogP contribution in [-0.4, -0.2) is 31.0 Å². The molecule has 1 aliphatic rings. The molecule has 0 bridgehead atoms. The van der Waals surface area contributed by atoms with Gasteiger partial charge in [0.1, 0.15) is 12.4 Å². The fraction of sp³-hybridized carbons (Fsp3) is 0.267. The standard InChI is InChI=1S/C15H15NO5/c17-13(20-10-11-8-9-16-15(11)19)6-7-14(18)21-12-4-2-1-3-5-12/h1-7,11H,8-10H2,(H,16,19)/b7-6+. The van der Waals surface area contributed by atoms with Gasteiger partial charge in [-0.15, -0.1) is 0 Å². The van der Waals surface area contributed by atoms with Crippen molar-refractivity contribution in [2.24, 2.45) is 5.92 Å². The average molecular weight is 289 g/mol. The maximum Gasteiger partial charge on any atom is 0.336 e. The molecule has 0 spiro atoms. The largest absolute Gasteiger partial charge is 0.462 e. The van der Waals surface area contributed by atoms with Crippen LogP contribution >= 0.6 is 0 Å². The van der Waals surface area contributed by atoms with Gasteiger partial charge in [-0.05, 0) is 18.6 Å². The van der Waals surface area contributed by atoms with Gasteiger partial charge < -0.3 is 14.8 Å². The molecule has 1 aromatic rings. The first kappa shape index (κ1) is 14.8. The maximum absolute atomic E-state index is 11.4. The number of carbonyl (C=O) groups excluding carboxylic acids is 3. The van der Waals surface area contributed by atoms with Crippen LogP contribution in [0.5, 0.6) is 5.75 Å². The zero-order valence-electron chi connectivity index (χ0n) is 11.3. The van der Waals surface area contributed by atoms with Crippen LogP contribution in [0, 0.1) is 5.92 Å². The summed E-state index contributed by atoms with van der Waals surface area (Å²) in [6.45, 7) is 0.614. The van der Waals surface area contributed by atoms with Crippen molar-refractivity contribution in [1.82, 2.24) is 5.32 Å². The van der Waals surface area contributed by atoms with E-state index in [2.05, 4.69) is 5.32 Å². The highest BCUT2D eigenvalue weighted by Gasteiger charge is 2.24. The van der Waals surface area contributed by atoms with E-state index in [0.29, 0.717) is 18.7 Å². The number of ether oxygens (including phenoxy) is 2. The Kier molecular flexibility index (Phi) is 5.09. The average Bonchev–Trinajstić information content (AvgIpc) is 2.89. The normalized spacial score (nSPS) is 17.5. The van der Waals surface area contributed by atoms with Crippen LogP contribution in [0.15, 0.2) is 42.5 Å². The fourth-order valence-corrected chi connectivity index (χ4v) is 1.81. The predicted molar refractivity (Wildman–Crippen MR) is 73.3 cm³/mol. The van der Waals surface area contributed by atoms with E-state index >= 15 is 0 Å². The number of carbonyl (C=O) groups is 3. The number of hydrogen-bond acceptors (Lipinski definition) is 5. The van der Waals surface area contributed by atoms with Crippen molar-refractivity contribution < 1.29 is 23.9 Å². The lowest BCUT2D eigenvalue weighted by Crippen LogP contribution is -2.23. The van der Waals surface area contributed by atoms with Crippen LogP contribution in [0.2, 0.25) is 0 Å². The van der Waals surface area contributed by atoms with Crippen LogP contribution in [0.4, 0.5) is 0 Å².